The topological polar surface area (TPSA) is 80.8 Å². The Morgan fingerprint density at radius 2 is 2.00 bits per heavy atom. The molecule has 0 amide bonds. The van der Waals surface area contributed by atoms with Gasteiger partial charge in [0.2, 0.25) is 5.95 Å². The Labute approximate surface area is 143 Å². The predicted octanol–water partition coefficient (Wildman–Crippen LogP) is 2.85. The maximum absolute atomic E-state index is 5.70. The zero-order valence-corrected chi connectivity index (χ0v) is 14.3. The van der Waals surface area contributed by atoms with Crippen molar-refractivity contribution in [2.24, 2.45) is 0 Å². The average Bonchev–Trinajstić information content (AvgIpc) is 3.31. The van der Waals surface area contributed by atoms with E-state index in [1.807, 2.05) is 6.07 Å². The summed E-state index contributed by atoms with van der Waals surface area (Å²) in [5, 5.41) is 2.18. The van der Waals surface area contributed by atoms with Gasteiger partial charge in [-0.05, 0) is 36.8 Å². The van der Waals surface area contributed by atoms with E-state index < -0.39 is 0 Å². The second-order valence-electron chi connectivity index (χ2n) is 6.72. The van der Waals surface area contributed by atoms with E-state index in [2.05, 4.69) is 27.2 Å². The molecule has 24 heavy (non-hydrogen) atoms. The number of rotatable bonds is 3. The fourth-order valence-corrected chi connectivity index (χ4v) is 4.23. The smallest absolute Gasteiger partial charge is 0.220 e. The molecule has 0 radical (unpaired) electrons. The molecule has 7 heteroatoms. The summed E-state index contributed by atoms with van der Waals surface area (Å²) in [5.74, 6) is 3.42. The van der Waals surface area contributed by atoms with Gasteiger partial charge in [0.05, 0.1) is 15.9 Å². The van der Waals surface area contributed by atoms with Crippen LogP contribution in [0.25, 0.3) is 10.2 Å². The van der Waals surface area contributed by atoms with Crippen LogP contribution >= 0.6 is 11.3 Å². The van der Waals surface area contributed by atoms with E-state index in [0.29, 0.717) is 17.8 Å². The van der Waals surface area contributed by atoms with Gasteiger partial charge in [-0.2, -0.15) is 0 Å². The second kappa shape index (κ2) is 5.11. The highest BCUT2D eigenvalue weighted by molar-refractivity contribution is 7.18. The molecule has 0 bridgehead atoms. The van der Waals surface area contributed by atoms with Gasteiger partial charge < -0.3 is 10.6 Å². The molecule has 2 aliphatic rings. The van der Waals surface area contributed by atoms with Crippen molar-refractivity contribution in [2.45, 2.75) is 31.6 Å². The number of nitrogens with zero attached hydrogens (tertiary/aromatic N) is 5. The lowest BCUT2D eigenvalue weighted by molar-refractivity contribution is 0.509. The first-order valence-electron chi connectivity index (χ1n) is 8.28. The van der Waals surface area contributed by atoms with Gasteiger partial charge in [0.15, 0.2) is 0 Å². The van der Waals surface area contributed by atoms with Crippen molar-refractivity contribution in [1.29, 1.82) is 0 Å². The second-order valence-corrected chi connectivity index (χ2v) is 7.60. The minimum absolute atomic E-state index is 0.347. The van der Waals surface area contributed by atoms with Gasteiger partial charge in [0, 0.05) is 31.1 Å². The van der Waals surface area contributed by atoms with Crippen molar-refractivity contribution < 1.29 is 0 Å². The summed E-state index contributed by atoms with van der Waals surface area (Å²) in [5.41, 5.74) is 9.10. The van der Waals surface area contributed by atoms with Crippen LogP contribution in [0, 0.1) is 6.92 Å². The number of hydrogen-bond acceptors (Lipinski definition) is 7. The van der Waals surface area contributed by atoms with E-state index in [-0.39, 0.29) is 0 Å². The number of anilines is 2. The predicted molar refractivity (Wildman–Crippen MR) is 95.5 cm³/mol. The number of nitrogens with two attached hydrogens (primary N) is 1. The Morgan fingerprint density at radius 1 is 1.17 bits per heavy atom. The molecule has 6 nitrogen and oxygen atoms in total. The number of aromatic nitrogens is 4. The highest BCUT2D eigenvalue weighted by Gasteiger charge is 2.34. The maximum atomic E-state index is 5.70. The van der Waals surface area contributed by atoms with E-state index in [1.54, 1.807) is 17.5 Å². The Balaban J connectivity index is 1.47. The molecule has 4 heterocycles. The zero-order valence-electron chi connectivity index (χ0n) is 13.4. The molecule has 1 saturated carbocycles. The summed E-state index contributed by atoms with van der Waals surface area (Å²) < 4.78 is 1.21. The van der Waals surface area contributed by atoms with Gasteiger partial charge in [0.25, 0.3) is 0 Å². The van der Waals surface area contributed by atoms with Crippen molar-refractivity contribution in [1.82, 2.24) is 19.9 Å². The Bertz CT molecular complexity index is 926. The zero-order chi connectivity index (χ0) is 16.3. The normalized spacial score (nSPS) is 18.1. The van der Waals surface area contributed by atoms with Crippen LogP contribution < -0.4 is 10.6 Å². The number of nitrogen functional groups attached to an aromatic ring is 1. The summed E-state index contributed by atoms with van der Waals surface area (Å²) in [6.07, 6.45) is 4.17. The monoisotopic (exact) mass is 338 g/mol. The van der Waals surface area contributed by atoms with E-state index in [4.69, 9.17) is 15.7 Å². The van der Waals surface area contributed by atoms with Crippen molar-refractivity contribution >= 4 is 33.3 Å². The highest BCUT2D eigenvalue weighted by atomic mass is 32.1. The van der Waals surface area contributed by atoms with Crippen LogP contribution in [-0.4, -0.2) is 33.0 Å². The molecule has 3 aromatic rings. The number of aryl methyl sites for hydroxylation is 1. The molecular formula is C17H18N6S. The van der Waals surface area contributed by atoms with Crippen LogP contribution in [0.4, 0.5) is 11.8 Å². The fraction of sp³-hybridized carbons (Fsp3) is 0.412. The molecule has 0 unspecified atom stereocenters. The lowest BCUT2D eigenvalue weighted by Gasteiger charge is -2.40. The molecule has 1 aliphatic carbocycles. The third kappa shape index (κ3) is 2.23. The Hall–Kier alpha value is -2.28. The molecule has 1 saturated heterocycles. The first kappa shape index (κ1) is 14.1. The van der Waals surface area contributed by atoms with Gasteiger partial charge in [-0.15, -0.1) is 11.3 Å². The van der Waals surface area contributed by atoms with Crippen molar-refractivity contribution in [2.75, 3.05) is 23.7 Å². The fourth-order valence-electron chi connectivity index (χ4n) is 3.23. The van der Waals surface area contributed by atoms with Crippen molar-refractivity contribution in [3.63, 3.8) is 0 Å². The first-order chi connectivity index (χ1) is 11.7. The molecule has 0 spiro atoms. The summed E-state index contributed by atoms with van der Waals surface area (Å²) in [7, 11) is 0. The Kier molecular flexibility index (Phi) is 3.00. The lowest BCUT2D eigenvalue weighted by Crippen LogP contribution is -2.46. The third-order valence-electron chi connectivity index (χ3n) is 4.83. The molecule has 2 fully saturated rings. The van der Waals surface area contributed by atoms with E-state index in [1.165, 1.54) is 23.1 Å². The van der Waals surface area contributed by atoms with Crippen LogP contribution in [0.5, 0.6) is 0 Å². The molecular weight excluding hydrogens is 320 g/mol. The van der Waals surface area contributed by atoms with E-state index in [9.17, 15) is 0 Å². The summed E-state index contributed by atoms with van der Waals surface area (Å²) in [6.45, 7) is 3.97. The quantitative estimate of drug-likeness (QED) is 0.791. The van der Waals surface area contributed by atoms with Gasteiger partial charge >= 0.3 is 0 Å². The van der Waals surface area contributed by atoms with Crippen LogP contribution in [-0.2, 0) is 0 Å². The van der Waals surface area contributed by atoms with Crippen LogP contribution in [0.1, 0.15) is 41.8 Å². The largest absolute Gasteiger partial charge is 0.368 e. The minimum Gasteiger partial charge on any atom is -0.368 e. The number of hydrogen-bond donors (Lipinski definition) is 1. The molecule has 0 atom stereocenters. The van der Waals surface area contributed by atoms with E-state index in [0.717, 1.165) is 35.9 Å². The highest BCUT2D eigenvalue weighted by Crippen LogP contribution is 2.42. The summed E-state index contributed by atoms with van der Waals surface area (Å²) in [6, 6.07) is 1.96. The molecule has 0 aromatic carbocycles. The van der Waals surface area contributed by atoms with Gasteiger partial charge in [-0.3, -0.25) is 0 Å². The third-order valence-corrected chi connectivity index (χ3v) is 5.91. The average molecular weight is 338 g/mol. The van der Waals surface area contributed by atoms with Crippen LogP contribution in [0.15, 0.2) is 17.6 Å². The Morgan fingerprint density at radius 3 is 2.75 bits per heavy atom. The summed E-state index contributed by atoms with van der Waals surface area (Å²) in [4.78, 5) is 20.4. The first-order valence-corrected chi connectivity index (χ1v) is 9.16. The van der Waals surface area contributed by atoms with Crippen molar-refractivity contribution in [3.8, 4) is 0 Å². The lowest BCUT2D eigenvalue weighted by atomic mass is 9.96. The molecule has 2 N–H and O–H groups in total. The minimum atomic E-state index is 0.347. The van der Waals surface area contributed by atoms with Crippen LogP contribution in [0.3, 0.4) is 0 Å². The number of fused-ring (bicyclic) bond motifs is 1. The van der Waals surface area contributed by atoms with Crippen LogP contribution in [0.2, 0.25) is 0 Å². The molecule has 3 aromatic heterocycles. The standard InChI is InChI=1S/C17H18N6S/c1-9-8-24-14-13(9)21-15(10-2-3-10)22-16(14)23-6-11(7-23)12-4-5-19-17(18)20-12/h4-5,8,10-11H,2-3,6-7H2,1H3,(H2,18,19,20). The molecule has 122 valence electrons. The van der Waals surface area contributed by atoms with E-state index >= 15 is 0 Å². The van der Waals surface area contributed by atoms with Gasteiger partial charge in [0.1, 0.15) is 11.6 Å². The molecule has 1 aliphatic heterocycles. The number of thiophene rings is 1. The maximum Gasteiger partial charge on any atom is 0.220 e. The SMILES string of the molecule is Cc1csc2c(N3CC(c4ccnc(N)n4)C3)nc(C3CC3)nc12. The van der Waals surface area contributed by atoms with Gasteiger partial charge in [-0.25, -0.2) is 19.9 Å². The van der Waals surface area contributed by atoms with Gasteiger partial charge in [-0.1, -0.05) is 0 Å². The van der Waals surface area contributed by atoms with Crippen molar-refractivity contribution in [3.05, 3.63) is 34.7 Å². The molecule has 5 rings (SSSR count). The summed E-state index contributed by atoms with van der Waals surface area (Å²) >= 11 is 1.75.